The van der Waals surface area contributed by atoms with E-state index in [9.17, 15) is 4.79 Å². The van der Waals surface area contributed by atoms with Gasteiger partial charge in [-0.05, 0) is 10.8 Å². The van der Waals surface area contributed by atoms with Crippen molar-refractivity contribution in [2.75, 3.05) is 0 Å². The lowest BCUT2D eigenvalue weighted by molar-refractivity contribution is -0.113. The Hall–Kier alpha value is -0.290. The molecule has 1 heterocycles. The Kier molecular flexibility index (Phi) is 1.69. The van der Waals surface area contributed by atoms with Crippen molar-refractivity contribution >= 4 is 27.7 Å². The highest BCUT2D eigenvalue weighted by Crippen LogP contribution is 2.31. The van der Waals surface area contributed by atoms with Gasteiger partial charge in [0.05, 0.1) is 0 Å². The number of rotatable bonds is 1. The van der Waals surface area contributed by atoms with Gasteiger partial charge in [0, 0.05) is 17.2 Å². The van der Waals surface area contributed by atoms with Gasteiger partial charge in [0.1, 0.15) is 4.91 Å². The number of carbonyl (C=O) groups excluding carboxylic acids is 1. The van der Waals surface area contributed by atoms with Gasteiger partial charge in [-0.15, -0.1) is 0 Å². The van der Waals surface area contributed by atoms with Crippen LogP contribution in [0.4, 0.5) is 0 Å². The molecule has 1 amide bonds. The third-order valence-corrected chi connectivity index (χ3v) is 2.49. The Morgan fingerprint density at radius 1 is 1.88 bits per heavy atom. The molecule has 44 valence electrons. The van der Waals surface area contributed by atoms with E-state index in [4.69, 9.17) is 5.73 Å². The van der Waals surface area contributed by atoms with Crippen LogP contribution in [0, 0.1) is 0 Å². The Morgan fingerprint density at radius 3 is 2.88 bits per heavy atom. The highest BCUT2D eigenvalue weighted by Gasteiger charge is 2.09. The van der Waals surface area contributed by atoms with Gasteiger partial charge in [0.25, 0.3) is 5.91 Å². The molecule has 0 radical (unpaired) electrons. The van der Waals surface area contributed by atoms with Crippen molar-refractivity contribution in [1.82, 2.24) is 4.72 Å². The molecule has 0 aliphatic carbocycles. The van der Waals surface area contributed by atoms with E-state index in [0.29, 0.717) is 4.91 Å². The van der Waals surface area contributed by atoms with Crippen molar-refractivity contribution in [2.24, 2.45) is 5.73 Å². The fraction of sp³-hybridized carbons (Fsp3) is 0. The molecule has 3 N–H and O–H groups in total. The Morgan fingerprint density at radius 2 is 2.62 bits per heavy atom. The summed E-state index contributed by atoms with van der Waals surface area (Å²) in [7, 11) is 2.73. The molecule has 0 atom stereocenters. The van der Waals surface area contributed by atoms with E-state index in [2.05, 4.69) is 4.72 Å². The van der Waals surface area contributed by atoms with Crippen LogP contribution in [0.15, 0.2) is 11.1 Å². The van der Waals surface area contributed by atoms with E-state index in [1.54, 1.807) is 6.20 Å². The Balaban J connectivity index is 2.57. The standard InChI is InChI=1S/C3H4N2OS2/c4-3(6)2-1-5-8-7-2/h1,5H,(H2,4,6). The van der Waals surface area contributed by atoms with Gasteiger partial charge < -0.3 is 10.5 Å². The zero-order chi connectivity index (χ0) is 5.98. The molecule has 1 aliphatic rings. The first-order valence-electron chi connectivity index (χ1n) is 1.90. The van der Waals surface area contributed by atoms with Crippen LogP contribution in [-0.2, 0) is 4.79 Å². The zero-order valence-corrected chi connectivity index (χ0v) is 5.51. The summed E-state index contributed by atoms with van der Waals surface area (Å²) in [5.74, 6) is -0.368. The number of hydrogen-bond donors (Lipinski definition) is 2. The van der Waals surface area contributed by atoms with Gasteiger partial charge in [0.15, 0.2) is 0 Å². The molecule has 0 aromatic heterocycles. The minimum atomic E-state index is -0.368. The second-order valence-corrected chi connectivity index (χ2v) is 3.17. The molecule has 0 bridgehead atoms. The van der Waals surface area contributed by atoms with Crippen LogP contribution in [-0.4, -0.2) is 5.91 Å². The van der Waals surface area contributed by atoms with Crippen molar-refractivity contribution in [3.05, 3.63) is 11.1 Å². The molecule has 3 nitrogen and oxygen atoms in total. The van der Waals surface area contributed by atoms with Gasteiger partial charge in [-0.3, -0.25) is 4.79 Å². The normalized spacial score (nSPS) is 17.2. The smallest absolute Gasteiger partial charge is 0.257 e. The summed E-state index contributed by atoms with van der Waals surface area (Å²) in [4.78, 5) is 10.9. The molecule has 1 aliphatic heterocycles. The second kappa shape index (κ2) is 2.32. The molecule has 0 saturated carbocycles. The molecular formula is C3H4N2OS2. The number of hydrogen-bond acceptors (Lipinski definition) is 4. The van der Waals surface area contributed by atoms with Crippen LogP contribution >= 0.6 is 21.8 Å². The molecule has 5 heteroatoms. The summed E-state index contributed by atoms with van der Waals surface area (Å²) in [6.45, 7) is 0. The third-order valence-electron chi connectivity index (χ3n) is 0.612. The van der Waals surface area contributed by atoms with Crippen molar-refractivity contribution in [2.45, 2.75) is 0 Å². The minimum Gasteiger partial charge on any atom is -0.365 e. The van der Waals surface area contributed by atoms with Gasteiger partial charge in [-0.25, -0.2) is 0 Å². The van der Waals surface area contributed by atoms with Gasteiger partial charge in [0.2, 0.25) is 0 Å². The van der Waals surface area contributed by atoms with Crippen LogP contribution < -0.4 is 10.5 Å². The fourth-order valence-electron chi connectivity index (χ4n) is 0.283. The van der Waals surface area contributed by atoms with Crippen LogP contribution in [0.25, 0.3) is 0 Å². The topological polar surface area (TPSA) is 55.1 Å². The van der Waals surface area contributed by atoms with E-state index in [-0.39, 0.29) is 5.91 Å². The maximum atomic E-state index is 10.3. The molecule has 0 aromatic carbocycles. The lowest BCUT2D eigenvalue weighted by atomic mass is 10.6. The van der Waals surface area contributed by atoms with E-state index in [1.165, 1.54) is 21.8 Å². The molecular weight excluding hydrogens is 144 g/mol. The summed E-state index contributed by atoms with van der Waals surface area (Å²) in [6, 6.07) is 0. The van der Waals surface area contributed by atoms with Crippen LogP contribution in [0.2, 0.25) is 0 Å². The molecule has 1 rings (SSSR count). The summed E-state index contributed by atoms with van der Waals surface area (Å²) in [5, 5.41) is 0. The molecule has 8 heavy (non-hydrogen) atoms. The third kappa shape index (κ3) is 1.10. The number of primary amides is 1. The Bertz CT molecular complexity index is 144. The number of nitrogens with two attached hydrogens (primary N) is 1. The molecule has 0 fully saturated rings. The summed E-state index contributed by atoms with van der Waals surface area (Å²) in [6.07, 6.45) is 1.59. The number of carbonyl (C=O) groups is 1. The monoisotopic (exact) mass is 148 g/mol. The van der Waals surface area contributed by atoms with E-state index >= 15 is 0 Å². The molecule has 0 aromatic rings. The van der Waals surface area contributed by atoms with Crippen molar-refractivity contribution < 1.29 is 4.79 Å². The SMILES string of the molecule is NC(=O)C1=CNSS1. The van der Waals surface area contributed by atoms with Crippen molar-refractivity contribution in [1.29, 1.82) is 0 Å². The summed E-state index contributed by atoms with van der Waals surface area (Å²) >= 11 is 0. The predicted octanol–water partition coefficient (Wildman–Crippen LogP) is 0.213. The molecule has 0 saturated heterocycles. The molecule has 0 unspecified atom stereocenters. The minimum absolute atomic E-state index is 0.368. The highest BCUT2D eigenvalue weighted by atomic mass is 33.1. The lowest BCUT2D eigenvalue weighted by Gasteiger charge is -1.85. The van der Waals surface area contributed by atoms with E-state index in [1.807, 2.05) is 0 Å². The number of nitrogens with one attached hydrogen (secondary N) is 1. The van der Waals surface area contributed by atoms with Crippen LogP contribution in [0.3, 0.4) is 0 Å². The first-order chi connectivity index (χ1) is 3.80. The second-order valence-electron chi connectivity index (χ2n) is 1.16. The fourth-order valence-corrected chi connectivity index (χ4v) is 1.80. The molecule has 0 spiro atoms. The highest BCUT2D eigenvalue weighted by molar-refractivity contribution is 8.78. The maximum Gasteiger partial charge on any atom is 0.257 e. The summed E-state index contributed by atoms with van der Waals surface area (Å²) < 4.78 is 2.77. The zero-order valence-electron chi connectivity index (χ0n) is 3.88. The van der Waals surface area contributed by atoms with Crippen molar-refractivity contribution in [3.8, 4) is 0 Å². The van der Waals surface area contributed by atoms with Crippen LogP contribution in [0.1, 0.15) is 0 Å². The number of amides is 1. The largest absolute Gasteiger partial charge is 0.365 e. The first kappa shape index (κ1) is 5.84. The van der Waals surface area contributed by atoms with Gasteiger partial charge in [-0.1, -0.05) is 0 Å². The van der Waals surface area contributed by atoms with Crippen molar-refractivity contribution in [3.63, 3.8) is 0 Å². The summed E-state index contributed by atoms with van der Waals surface area (Å²) in [5.41, 5.74) is 4.92. The first-order valence-corrected chi connectivity index (χ1v) is 4.04. The quantitative estimate of drug-likeness (QED) is 0.412. The Labute approximate surface area is 54.6 Å². The van der Waals surface area contributed by atoms with Crippen LogP contribution in [0.5, 0.6) is 0 Å². The van der Waals surface area contributed by atoms with E-state index < -0.39 is 0 Å². The maximum absolute atomic E-state index is 10.3. The lowest BCUT2D eigenvalue weighted by Crippen LogP contribution is -2.10. The van der Waals surface area contributed by atoms with Gasteiger partial charge >= 0.3 is 0 Å². The van der Waals surface area contributed by atoms with E-state index in [0.717, 1.165) is 0 Å². The van der Waals surface area contributed by atoms with Gasteiger partial charge in [-0.2, -0.15) is 0 Å². The average molecular weight is 148 g/mol. The average Bonchev–Trinajstić information content (AvgIpc) is 2.12. The predicted molar refractivity (Wildman–Crippen MR) is 35.6 cm³/mol.